The number of carbonyl (C=O) groups is 1. The Kier molecular flexibility index (Phi) is 6.63. The van der Waals surface area contributed by atoms with Gasteiger partial charge in [-0.1, -0.05) is 12.1 Å². The number of hydroxylamine groups is 1. The second-order valence-electron chi connectivity index (χ2n) is 7.98. The number of hydrogen-bond acceptors (Lipinski definition) is 10. The van der Waals surface area contributed by atoms with Gasteiger partial charge in [0.25, 0.3) is 5.91 Å². The van der Waals surface area contributed by atoms with Crippen LogP contribution in [0.25, 0.3) is 11.4 Å². The summed E-state index contributed by atoms with van der Waals surface area (Å²) in [7, 11) is -3.25. The van der Waals surface area contributed by atoms with Gasteiger partial charge in [-0.25, -0.2) is 18.9 Å². The zero-order valence-electron chi connectivity index (χ0n) is 17.5. The van der Waals surface area contributed by atoms with Gasteiger partial charge in [0.15, 0.2) is 15.7 Å². The second kappa shape index (κ2) is 9.07. The minimum atomic E-state index is -3.25. The summed E-state index contributed by atoms with van der Waals surface area (Å²) in [6, 6.07) is 8.47. The van der Waals surface area contributed by atoms with Crippen molar-refractivity contribution in [3.8, 4) is 23.3 Å². The van der Waals surface area contributed by atoms with Gasteiger partial charge < -0.3 is 15.6 Å². The molecule has 3 rings (SSSR count). The van der Waals surface area contributed by atoms with Gasteiger partial charge in [-0.05, 0) is 32.4 Å². The van der Waals surface area contributed by atoms with E-state index in [0.29, 0.717) is 11.1 Å². The van der Waals surface area contributed by atoms with Gasteiger partial charge in [0.05, 0.1) is 28.7 Å². The van der Waals surface area contributed by atoms with E-state index in [2.05, 4.69) is 15.4 Å². The number of nitrogen functional groups attached to an aromatic ring is 1. The van der Waals surface area contributed by atoms with E-state index in [1.165, 1.54) is 13.8 Å². The molecule has 4 N–H and O–H groups in total. The number of nitrogens with two attached hydrogens (primary N) is 1. The topological polar surface area (TPSA) is 178 Å². The molecule has 2 aromatic rings. The van der Waals surface area contributed by atoms with E-state index in [1.54, 1.807) is 24.3 Å². The van der Waals surface area contributed by atoms with Crippen molar-refractivity contribution in [1.82, 2.24) is 15.4 Å². The lowest BCUT2D eigenvalue weighted by molar-refractivity contribution is -0.0523. The van der Waals surface area contributed by atoms with E-state index in [0.717, 1.165) is 0 Å². The molecule has 2 heterocycles. The first-order valence-corrected chi connectivity index (χ1v) is 11.5. The lowest BCUT2D eigenvalue weighted by Gasteiger charge is -2.19. The molecule has 11 nitrogen and oxygen atoms in total. The smallest absolute Gasteiger partial charge is 0.284 e. The Hall–Kier alpha value is -3.27. The number of ether oxygens (including phenoxy) is 1. The molecule has 0 spiro atoms. The standard InChI is InChI=1S/C20H23N5O6S/c1-20(2,27)11-30-25-18(26)15-16(22)23-17(13-5-3-4-12(8-13)9-21)24-19(15)31-14-6-7-32(28,29)10-14/h3-5,8,14,27H,6-7,10-11H2,1-2H3,(H,25,26)(H2,22,23,24). The molecular formula is C20H23N5O6S. The summed E-state index contributed by atoms with van der Waals surface area (Å²) in [5, 5.41) is 18.9. The summed E-state index contributed by atoms with van der Waals surface area (Å²) in [6.45, 7) is 2.79. The van der Waals surface area contributed by atoms with E-state index in [1.807, 2.05) is 6.07 Å². The van der Waals surface area contributed by atoms with Crippen LogP contribution in [0, 0.1) is 11.3 Å². The Morgan fingerprint density at radius 1 is 1.41 bits per heavy atom. The average Bonchev–Trinajstić information content (AvgIpc) is 3.04. The molecule has 1 saturated heterocycles. The molecule has 1 atom stereocenters. The molecule has 1 aliphatic rings. The number of carbonyl (C=O) groups excluding carboxylic acids is 1. The van der Waals surface area contributed by atoms with Gasteiger partial charge in [0.1, 0.15) is 24.1 Å². The first-order chi connectivity index (χ1) is 15.0. The van der Waals surface area contributed by atoms with Crippen LogP contribution in [0.1, 0.15) is 36.2 Å². The molecule has 12 heteroatoms. The maximum atomic E-state index is 12.7. The van der Waals surface area contributed by atoms with Crippen LogP contribution in [0.2, 0.25) is 0 Å². The molecule has 1 fully saturated rings. The number of anilines is 1. The Morgan fingerprint density at radius 2 is 2.16 bits per heavy atom. The lowest BCUT2D eigenvalue weighted by atomic mass is 10.1. The molecule has 0 radical (unpaired) electrons. The molecule has 0 bridgehead atoms. The van der Waals surface area contributed by atoms with E-state index >= 15 is 0 Å². The van der Waals surface area contributed by atoms with Crippen molar-refractivity contribution in [2.75, 3.05) is 23.8 Å². The highest BCUT2D eigenvalue weighted by atomic mass is 32.2. The van der Waals surface area contributed by atoms with Crippen molar-refractivity contribution in [2.24, 2.45) is 0 Å². The minimum Gasteiger partial charge on any atom is -0.473 e. The normalized spacial score (nSPS) is 17.5. The largest absolute Gasteiger partial charge is 0.473 e. The van der Waals surface area contributed by atoms with Crippen molar-refractivity contribution in [3.05, 3.63) is 35.4 Å². The van der Waals surface area contributed by atoms with Crippen LogP contribution in [-0.2, 0) is 14.7 Å². The molecule has 1 amide bonds. The summed E-state index contributed by atoms with van der Waals surface area (Å²) < 4.78 is 29.4. The van der Waals surface area contributed by atoms with Crippen LogP contribution >= 0.6 is 0 Å². The number of aliphatic hydroxyl groups is 1. The summed E-state index contributed by atoms with van der Waals surface area (Å²) >= 11 is 0. The van der Waals surface area contributed by atoms with E-state index < -0.39 is 27.4 Å². The zero-order chi connectivity index (χ0) is 23.5. The molecule has 1 aromatic heterocycles. The third-order valence-electron chi connectivity index (χ3n) is 4.44. The zero-order valence-corrected chi connectivity index (χ0v) is 18.3. The highest BCUT2D eigenvalue weighted by Gasteiger charge is 2.32. The van der Waals surface area contributed by atoms with E-state index in [4.69, 9.17) is 20.6 Å². The summed E-state index contributed by atoms with van der Waals surface area (Å²) in [4.78, 5) is 26.2. The van der Waals surface area contributed by atoms with Crippen LogP contribution in [0.4, 0.5) is 5.82 Å². The molecule has 32 heavy (non-hydrogen) atoms. The lowest BCUT2D eigenvalue weighted by Crippen LogP contribution is -2.34. The van der Waals surface area contributed by atoms with Crippen LogP contribution < -0.4 is 16.0 Å². The first-order valence-electron chi connectivity index (χ1n) is 9.67. The predicted molar refractivity (Wildman–Crippen MR) is 114 cm³/mol. The van der Waals surface area contributed by atoms with Gasteiger partial charge >= 0.3 is 0 Å². The van der Waals surface area contributed by atoms with Gasteiger partial charge in [0.2, 0.25) is 5.88 Å². The van der Waals surface area contributed by atoms with Gasteiger partial charge in [0, 0.05) is 5.56 Å². The number of rotatable bonds is 7. The number of sulfone groups is 1. The summed E-state index contributed by atoms with van der Waals surface area (Å²) in [5.41, 5.74) is 7.60. The van der Waals surface area contributed by atoms with Gasteiger partial charge in [-0.15, -0.1) is 0 Å². The summed E-state index contributed by atoms with van der Waals surface area (Å²) in [6.07, 6.45) is -0.474. The third kappa shape index (κ3) is 5.91. The number of aromatic nitrogens is 2. The fourth-order valence-electron chi connectivity index (χ4n) is 2.95. The maximum absolute atomic E-state index is 12.7. The van der Waals surface area contributed by atoms with Crippen molar-refractivity contribution in [3.63, 3.8) is 0 Å². The van der Waals surface area contributed by atoms with Crippen molar-refractivity contribution < 1.29 is 27.9 Å². The number of nitrogens with zero attached hydrogens (tertiary/aromatic N) is 3. The number of amides is 1. The monoisotopic (exact) mass is 461 g/mol. The minimum absolute atomic E-state index is 0.0362. The molecular weight excluding hydrogens is 438 g/mol. The van der Waals surface area contributed by atoms with Gasteiger partial charge in [-0.3, -0.25) is 9.63 Å². The van der Waals surface area contributed by atoms with E-state index in [9.17, 15) is 18.3 Å². The predicted octanol–water partition coefficient (Wildman–Crippen LogP) is 0.596. The first kappa shape index (κ1) is 23.4. The Bertz CT molecular complexity index is 1170. The Morgan fingerprint density at radius 3 is 2.78 bits per heavy atom. The molecule has 0 aliphatic carbocycles. The molecule has 170 valence electrons. The van der Waals surface area contributed by atoms with E-state index in [-0.39, 0.29) is 47.6 Å². The fourth-order valence-corrected chi connectivity index (χ4v) is 4.54. The molecule has 0 saturated carbocycles. The summed E-state index contributed by atoms with van der Waals surface area (Å²) in [5.74, 6) is -1.40. The number of nitrogens with one attached hydrogen (secondary N) is 1. The van der Waals surface area contributed by atoms with Crippen LogP contribution in [-0.4, -0.2) is 59.2 Å². The Labute approximate surface area is 185 Å². The molecule has 1 aromatic carbocycles. The van der Waals surface area contributed by atoms with Crippen LogP contribution in [0.3, 0.4) is 0 Å². The van der Waals surface area contributed by atoms with Crippen molar-refractivity contribution >= 4 is 21.6 Å². The highest BCUT2D eigenvalue weighted by Crippen LogP contribution is 2.29. The maximum Gasteiger partial charge on any atom is 0.284 e. The number of hydrogen-bond donors (Lipinski definition) is 3. The molecule has 1 unspecified atom stereocenters. The number of benzene rings is 1. The average molecular weight is 462 g/mol. The van der Waals surface area contributed by atoms with Crippen molar-refractivity contribution in [1.29, 1.82) is 5.26 Å². The fraction of sp³-hybridized carbons (Fsp3) is 0.400. The van der Waals surface area contributed by atoms with Crippen molar-refractivity contribution in [2.45, 2.75) is 32.0 Å². The molecule has 1 aliphatic heterocycles. The second-order valence-corrected chi connectivity index (χ2v) is 10.2. The van der Waals surface area contributed by atoms with Crippen LogP contribution in [0.15, 0.2) is 24.3 Å². The van der Waals surface area contributed by atoms with Gasteiger partial charge in [-0.2, -0.15) is 10.2 Å². The highest BCUT2D eigenvalue weighted by molar-refractivity contribution is 7.91. The Balaban J connectivity index is 1.97. The SMILES string of the molecule is CC(C)(O)CONC(=O)c1c(N)nc(-c2cccc(C#N)c2)nc1OC1CCS(=O)(=O)C1. The quantitative estimate of drug-likeness (QED) is 0.494. The van der Waals surface area contributed by atoms with Crippen LogP contribution in [0.5, 0.6) is 5.88 Å². The third-order valence-corrected chi connectivity index (χ3v) is 6.18. The number of nitriles is 1.